The van der Waals surface area contributed by atoms with Gasteiger partial charge in [0.05, 0.1) is 43.9 Å². The van der Waals surface area contributed by atoms with Gasteiger partial charge in [0.2, 0.25) is 0 Å². The van der Waals surface area contributed by atoms with Crippen LogP contribution in [0.4, 0.5) is 0 Å². The van der Waals surface area contributed by atoms with Crippen molar-refractivity contribution in [2.24, 2.45) is 0 Å². The van der Waals surface area contributed by atoms with E-state index in [0.717, 1.165) is 207 Å². The van der Waals surface area contributed by atoms with E-state index in [4.69, 9.17) is 39.4 Å². The number of nitrogens with zero attached hydrogens (tertiary/aromatic N) is 9. The van der Waals surface area contributed by atoms with Crippen molar-refractivity contribution in [2.75, 3.05) is 0 Å². The zero-order chi connectivity index (χ0) is 97.3. The largest absolute Gasteiger partial charge is 0.457 e. The third kappa shape index (κ3) is 12.0. The molecule has 26 aromatic rings. The van der Waals surface area contributed by atoms with E-state index >= 15 is 0 Å². The Morgan fingerprint density at radius 2 is 0.574 bits per heavy atom. The van der Waals surface area contributed by atoms with Crippen molar-refractivity contribution < 1.29 is 9.47 Å². The maximum absolute atomic E-state index is 7.69. The van der Waals surface area contributed by atoms with Crippen LogP contribution in [0.5, 0.6) is 23.0 Å². The molecule has 3 aliphatic carbocycles. The average molecular weight is 1890 g/mol. The highest BCUT2D eigenvalue weighted by molar-refractivity contribution is 6.27. The second-order valence-electron chi connectivity index (χ2n) is 40.1. The summed E-state index contributed by atoms with van der Waals surface area (Å²) in [5.74, 6) is 6.77. The summed E-state index contributed by atoms with van der Waals surface area (Å²) in [5.41, 5.74) is 37.8. The second kappa shape index (κ2) is 31.8. The molecule has 11 heteroatoms. The fraction of sp³-hybridized carbons (Fsp3) is 0.0365. The number of hydrogen-bond donors (Lipinski definition) is 0. The van der Waals surface area contributed by atoms with E-state index in [9.17, 15) is 0 Å². The number of fused-ring (bicyclic) bond motifs is 31. The number of para-hydroxylation sites is 8. The van der Waals surface area contributed by atoms with E-state index in [2.05, 4.69) is 434 Å². The molecule has 0 N–H and O–H groups in total. The highest BCUT2D eigenvalue weighted by Gasteiger charge is 2.55. The molecule has 0 amide bonds. The molecule has 1 unspecified atom stereocenters. The van der Waals surface area contributed by atoms with Gasteiger partial charge in [-0.15, -0.1) is 0 Å². The van der Waals surface area contributed by atoms with E-state index in [1.807, 2.05) is 72.8 Å². The SMILES string of the molecule is CC1(C)c2cc(-c3ccc4c(c3)-c3c(-c5nc(-c6ccccc6)nc(-c6ccccc6)n5)cccc3C43c4ccccc4Oc4ccccc43)ccc2-c2cc3c(cc21)c1ccccc1n3-c1cccc(-c2cccc3c2Oc2ccccc2C32c3ccc(-c4ccc5c(c4)c4ccc6c(c7ccccc7n6-c6ccccc6)c4n5-c4ccccc4)cc3-c3c(-c4nc(-c5ccccc5)nc(-c5ccccc5)n4)cccc32)c1. The van der Waals surface area contributed by atoms with Gasteiger partial charge in [0.25, 0.3) is 0 Å². The Balaban J connectivity index is 0.559. The summed E-state index contributed by atoms with van der Waals surface area (Å²) in [7, 11) is 0. The summed E-state index contributed by atoms with van der Waals surface area (Å²) in [6, 6.07) is 174. The molecule has 0 bridgehead atoms. The lowest BCUT2D eigenvalue weighted by molar-refractivity contribution is 0.436. The predicted octanol–water partition coefficient (Wildman–Crippen LogP) is 33.6. The van der Waals surface area contributed by atoms with Crippen LogP contribution in [-0.4, -0.2) is 43.6 Å². The molecule has 0 fully saturated rings. The van der Waals surface area contributed by atoms with Gasteiger partial charge in [0.1, 0.15) is 23.0 Å². The summed E-state index contributed by atoms with van der Waals surface area (Å²) < 4.78 is 22.0. The third-order valence-electron chi connectivity index (χ3n) is 32.1. The molecule has 21 aromatic carbocycles. The van der Waals surface area contributed by atoms with Gasteiger partial charge in [-0.2, -0.15) is 0 Å². The third-order valence-corrected chi connectivity index (χ3v) is 32.1. The van der Waals surface area contributed by atoms with Crippen molar-refractivity contribution in [1.29, 1.82) is 0 Å². The van der Waals surface area contributed by atoms with Gasteiger partial charge in [0, 0.05) is 116 Å². The molecule has 0 saturated carbocycles. The summed E-state index contributed by atoms with van der Waals surface area (Å²) in [6.07, 6.45) is 0. The van der Waals surface area contributed by atoms with Crippen LogP contribution >= 0.6 is 0 Å². The zero-order valence-electron chi connectivity index (χ0n) is 80.5. The van der Waals surface area contributed by atoms with Crippen molar-refractivity contribution in [3.63, 3.8) is 0 Å². The fourth-order valence-electron chi connectivity index (χ4n) is 25.7. The van der Waals surface area contributed by atoms with E-state index in [0.29, 0.717) is 34.9 Å². The predicted molar refractivity (Wildman–Crippen MR) is 597 cm³/mol. The molecule has 2 aliphatic heterocycles. The van der Waals surface area contributed by atoms with Crippen LogP contribution in [0.2, 0.25) is 0 Å². The lowest BCUT2D eigenvalue weighted by Crippen LogP contribution is -2.32. The van der Waals surface area contributed by atoms with Gasteiger partial charge in [0.15, 0.2) is 34.9 Å². The van der Waals surface area contributed by atoms with Gasteiger partial charge in [-0.05, 0) is 210 Å². The Hall–Kier alpha value is -19.4. The van der Waals surface area contributed by atoms with Crippen LogP contribution < -0.4 is 9.47 Å². The Labute approximate surface area is 852 Å². The lowest BCUT2D eigenvalue weighted by Gasteiger charge is -2.40. The normalized spacial score (nSPS) is 14.3. The van der Waals surface area contributed by atoms with Gasteiger partial charge in [-0.25, -0.2) is 29.9 Å². The maximum Gasteiger partial charge on any atom is 0.164 e. The molecular formula is C137H85N9O2. The summed E-state index contributed by atoms with van der Waals surface area (Å²) in [5, 5.41) is 7.10. The van der Waals surface area contributed by atoms with Crippen molar-refractivity contribution in [3.8, 4) is 175 Å². The Kier molecular flexibility index (Phi) is 17.9. The molecule has 2 spiro atoms. The molecule has 7 heterocycles. The molecule has 5 aromatic heterocycles. The van der Waals surface area contributed by atoms with E-state index in [-0.39, 0.29) is 0 Å². The Morgan fingerprint density at radius 3 is 1.14 bits per heavy atom. The van der Waals surface area contributed by atoms with Gasteiger partial charge in [-0.1, -0.05) is 378 Å². The van der Waals surface area contributed by atoms with E-state index < -0.39 is 16.2 Å². The van der Waals surface area contributed by atoms with Crippen LogP contribution in [0.15, 0.2) is 479 Å². The van der Waals surface area contributed by atoms with Gasteiger partial charge in [-0.3, -0.25) is 0 Å². The minimum Gasteiger partial charge on any atom is -0.457 e. The number of hydrogen-bond acceptors (Lipinski definition) is 8. The monoisotopic (exact) mass is 1890 g/mol. The lowest BCUT2D eigenvalue weighted by atomic mass is 9.65. The minimum absolute atomic E-state index is 0.402. The Morgan fingerprint density at radius 1 is 0.189 bits per heavy atom. The maximum atomic E-state index is 7.69. The first-order valence-electron chi connectivity index (χ1n) is 50.7. The average Bonchev–Trinajstić information content (AvgIpc) is 1.51. The number of benzene rings is 21. The first kappa shape index (κ1) is 83.3. The van der Waals surface area contributed by atoms with Crippen molar-refractivity contribution in [1.82, 2.24) is 43.6 Å². The first-order valence-corrected chi connectivity index (χ1v) is 50.7. The van der Waals surface area contributed by atoms with E-state index in [1.54, 1.807) is 0 Å². The summed E-state index contributed by atoms with van der Waals surface area (Å²) >= 11 is 0. The Bertz CT molecular complexity index is 9990. The smallest absolute Gasteiger partial charge is 0.164 e. The summed E-state index contributed by atoms with van der Waals surface area (Å²) in [6.45, 7) is 4.82. The quantitative estimate of drug-likeness (QED) is 0.119. The molecule has 5 aliphatic rings. The molecule has 31 rings (SSSR count). The summed E-state index contributed by atoms with van der Waals surface area (Å²) in [4.78, 5) is 32.5. The van der Waals surface area contributed by atoms with Crippen LogP contribution in [0, 0.1) is 0 Å². The van der Waals surface area contributed by atoms with Crippen LogP contribution in [-0.2, 0) is 16.2 Å². The van der Waals surface area contributed by atoms with Crippen LogP contribution in [0.1, 0.15) is 69.5 Å². The molecule has 11 nitrogen and oxygen atoms in total. The van der Waals surface area contributed by atoms with Gasteiger partial charge >= 0.3 is 0 Å². The second-order valence-corrected chi connectivity index (χ2v) is 40.1. The minimum atomic E-state index is -0.949. The topological polar surface area (TPSA) is 111 Å². The zero-order valence-corrected chi connectivity index (χ0v) is 80.5. The van der Waals surface area contributed by atoms with Crippen LogP contribution in [0.25, 0.3) is 218 Å². The molecule has 0 saturated heterocycles. The molecule has 690 valence electrons. The molecule has 1 atom stereocenters. The fourth-order valence-corrected chi connectivity index (χ4v) is 25.7. The van der Waals surface area contributed by atoms with Crippen LogP contribution in [0.3, 0.4) is 0 Å². The van der Waals surface area contributed by atoms with Crippen molar-refractivity contribution in [3.05, 3.63) is 535 Å². The number of aromatic nitrogens is 9. The molecular weight excluding hydrogens is 1800 g/mol. The highest BCUT2D eigenvalue weighted by Crippen LogP contribution is 2.68. The van der Waals surface area contributed by atoms with Crippen molar-refractivity contribution in [2.45, 2.75) is 30.1 Å². The molecule has 0 radical (unpaired) electrons. The van der Waals surface area contributed by atoms with Crippen molar-refractivity contribution >= 4 is 65.4 Å². The standard InChI is InChI=1S/C137H85N9O2/c1-135(2)114-79-89(87-67-71-106-104(78-87)124-99(133-140-129(82-35-9-3-10-36-82)138-130(141-133)83-37-11-4-12-38-83)52-33-57-111(124)136(106)108-54-23-28-62-121(108)147-122-63-29-24-55-109(122)136)65-69-95(114)101-81-120-103(80-115(101)135)96-49-21-26-60-116(96)145(120)93-48-31-43-90(75-93)94-51-32-59-113-128(94)148-123-64-30-25-56-110(123)137(113)107-72-66-86(77-105(107)125-100(53-34-58-112(125)137)134-142-131(84-39-13-5-14-40-84)139-132(143-134)85-41-15-6-16-42-85)88-68-73-118-102(76-88)97-70-74-119-126(127(97)146(118)92-46-19-8-20-47-92)98-50-22-27-61-117(98)144(119)91-44-17-7-18-45-91/h3-81H,1-2H3. The number of ether oxygens (including phenoxy) is 2. The van der Waals surface area contributed by atoms with Gasteiger partial charge < -0.3 is 23.2 Å². The first-order chi connectivity index (χ1) is 73.1. The highest BCUT2D eigenvalue weighted by atomic mass is 16.5. The molecule has 148 heavy (non-hydrogen) atoms. The number of rotatable bonds is 12. The van der Waals surface area contributed by atoms with E-state index in [1.165, 1.54) is 54.7 Å².